The van der Waals surface area contributed by atoms with Crippen LogP contribution in [0, 0.1) is 11.3 Å². The highest BCUT2D eigenvalue weighted by Crippen LogP contribution is 2.17. The molecule has 1 aliphatic rings. The Kier molecular flexibility index (Phi) is 2.70. The van der Waals surface area contributed by atoms with Crippen molar-refractivity contribution in [3.8, 4) is 6.07 Å². The van der Waals surface area contributed by atoms with Crippen LogP contribution in [0.25, 0.3) is 0 Å². The molecule has 2 rings (SSSR count). The summed E-state index contributed by atoms with van der Waals surface area (Å²) in [5, 5.41) is 11.8. The second-order valence-electron chi connectivity index (χ2n) is 3.41. The molecule has 0 spiro atoms. The van der Waals surface area contributed by atoms with Crippen LogP contribution in [-0.2, 0) is 4.74 Å². The van der Waals surface area contributed by atoms with Crippen LogP contribution in [0.15, 0.2) is 12.1 Å². The van der Waals surface area contributed by atoms with Crippen molar-refractivity contribution in [2.75, 3.05) is 24.2 Å². The number of ether oxygens (including phenoxy) is 1. The molecule has 0 amide bonds. The molecule has 0 aliphatic carbocycles. The van der Waals surface area contributed by atoms with E-state index in [1.54, 1.807) is 12.1 Å². The minimum absolute atomic E-state index is 0.247. The van der Waals surface area contributed by atoms with Crippen LogP contribution >= 0.6 is 0 Å². The van der Waals surface area contributed by atoms with Crippen LogP contribution in [0.5, 0.6) is 0 Å². The Morgan fingerprint density at radius 1 is 1.67 bits per heavy atom. The Morgan fingerprint density at radius 3 is 3.07 bits per heavy atom. The van der Waals surface area contributed by atoms with E-state index in [2.05, 4.69) is 10.3 Å². The molecule has 0 saturated carbocycles. The molecule has 1 atom stereocenters. The average molecular weight is 204 g/mol. The van der Waals surface area contributed by atoms with Crippen LogP contribution in [0.3, 0.4) is 0 Å². The Labute approximate surface area is 87.9 Å². The van der Waals surface area contributed by atoms with Gasteiger partial charge in [-0.1, -0.05) is 0 Å². The average Bonchev–Trinajstić information content (AvgIpc) is 2.18. The summed E-state index contributed by atoms with van der Waals surface area (Å²) in [5.41, 5.74) is 6.63. The normalized spacial score (nSPS) is 19.0. The number of nitrogens with zero attached hydrogens (tertiary/aromatic N) is 2. The zero-order chi connectivity index (χ0) is 10.7. The van der Waals surface area contributed by atoms with Gasteiger partial charge in [0.25, 0.3) is 0 Å². The molecule has 1 fully saturated rings. The van der Waals surface area contributed by atoms with Gasteiger partial charge in [0.2, 0.25) is 0 Å². The van der Waals surface area contributed by atoms with Crippen LogP contribution in [-0.4, -0.2) is 24.2 Å². The first-order valence-electron chi connectivity index (χ1n) is 4.81. The van der Waals surface area contributed by atoms with Gasteiger partial charge in [0.15, 0.2) is 5.82 Å². The molecule has 78 valence electrons. The molecule has 5 heteroatoms. The Balaban J connectivity index is 2.02. The fourth-order valence-electron chi connectivity index (χ4n) is 1.33. The van der Waals surface area contributed by atoms with Gasteiger partial charge in [-0.05, 0) is 18.6 Å². The quantitative estimate of drug-likeness (QED) is 0.758. The summed E-state index contributed by atoms with van der Waals surface area (Å²) in [5.74, 6) is 0.560. The number of pyridine rings is 1. The molecule has 1 aromatic rings. The molecule has 0 bridgehead atoms. The third-order valence-corrected chi connectivity index (χ3v) is 2.33. The second kappa shape index (κ2) is 4.15. The molecule has 1 saturated heterocycles. The van der Waals surface area contributed by atoms with Gasteiger partial charge >= 0.3 is 0 Å². The molecule has 2 heterocycles. The first-order valence-corrected chi connectivity index (χ1v) is 4.81. The molecule has 0 radical (unpaired) electrons. The van der Waals surface area contributed by atoms with Crippen molar-refractivity contribution >= 4 is 11.5 Å². The lowest BCUT2D eigenvalue weighted by molar-refractivity contribution is -0.0410. The summed E-state index contributed by atoms with van der Waals surface area (Å²) in [4.78, 5) is 4.07. The van der Waals surface area contributed by atoms with Crippen molar-refractivity contribution in [2.45, 2.75) is 12.5 Å². The number of nitrogen functional groups attached to an aromatic ring is 1. The van der Waals surface area contributed by atoms with E-state index in [1.807, 2.05) is 6.07 Å². The first-order chi connectivity index (χ1) is 7.29. The lowest BCUT2D eigenvalue weighted by Gasteiger charge is -2.26. The lowest BCUT2D eigenvalue weighted by Crippen LogP contribution is -2.33. The summed E-state index contributed by atoms with van der Waals surface area (Å²) in [7, 11) is 0. The fraction of sp³-hybridized carbons (Fsp3) is 0.400. The molecule has 0 aromatic carbocycles. The van der Waals surface area contributed by atoms with Crippen molar-refractivity contribution < 1.29 is 4.74 Å². The molecule has 3 N–H and O–H groups in total. The SMILES string of the molecule is N#Cc1ccc(N)c(NCC2CCO2)n1. The predicted octanol–water partition coefficient (Wildman–Crippen LogP) is 0.736. The topological polar surface area (TPSA) is 84.0 Å². The highest BCUT2D eigenvalue weighted by molar-refractivity contribution is 5.62. The smallest absolute Gasteiger partial charge is 0.150 e. The summed E-state index contributed by atoms with van der Waals surface area (Å²) < 4.78 is 5.25. The minimum Gasteiger partial charge on any atom is -0.396 e. The van der Waals surface area contributed by atoms with E-state index in [1.165, 1.54) is 0 Å². The number of rotatable bonds is 3. The number of nitrogens with two attached hydrogens (primary N) is 1. The number of hydrogen-bond acceptors (Lipinski definition) is 5. The summed E-state index contributed by atoms with van der Waals surface area (Å²) in [6.45, 7) is 1.51. The van der Waals surface area contributed by atoms with E-state index >= 15 is 0 Å². The molecule has 15 heavy (non-hydrogen) atoms. The molecule has 1 aromatic heterocycles. The number of nitriles is 1. The lowest BCUT2D eigenvalue weighted by atomic mass is 10.2. The van der Waals surface area contributed by atoms with E-state index in [0.29, 0.717) is 23.7 Å². The Hall–Kier alpha value is -1.80. The van der Waals surface area contributed by atoms with Crippen LogP contribution < -0.4 is 11.1 Å². The van der Waals surface area contributed by atoms with Gasteiger partial charge in [0.1, 0.15) is 11.8 Å². The van der Waals surface area contributed by atoms with E-state index in [-0.39, 0.29) is 6.10 Å². The van der Waals surface area contributed by atoms with Crippen LogP contribution in [0.1, 0.15) is 12.1 Å². The van der Waals surface area contributed by atoms with Gasteiger partial charge in [0.05, 0.1) is 11.8 Å². The summed E-state index contributed by atoms with van der Waals surface area (Å²) >= 11 is 0. The van der Waals surface area contributed by atoms with E-state index in [9.17, 15) is 0 Å². The maximum Gasteiger partial charge on any atom is 0.150 e. The number of nitrogens with one attached hydrogen (secondary N) is 1. The van der Waals surface area contributed by atoms with Gasteiger partial charge < -0.3 is 15.8 Å². The maximum absolute atomic E-state index is 8.68. The van der Waals surface area contributed by atoms with Gasteiger partial charge in [-0.25, -0.2) is 4.98 Å². The van der Waals surface area contributed by atoms with Gasteiger partial charge in [0, 0.05) is 13.2 Å². The van der Waals surface area contributed by atoms with Crippen molar-refractivity contribution in [3.63, 3.8) is 0 Å². The standard InChI is InChI=1S/C10H12N4O/c11-5-7-1-2-9(12)10(14-7)13-6-8-3-4-15-8/h1-2,8H,3-4,6,12H2,(H,13,14). The van der Waals surface area contributed by atoms with Crippen LogP contribution in [0.4, 0.5) is 11.5 Å². The molecule has 5 nitrogen and oxygen atoms in total. The summed E-state index contributed by atoms with van der Waals surface area (Å²) in [6, 6.07) is 5.25. The van der Waals surface area contributed by atoms with Crippen molar-refractivity contribution in [3.05, 3.63) is 17.8 Å². The number of aromatic nitrogens is 1. The highest BCUT2D eigenvalue weighted by atomic mass is 16.5. The van der Waals surface area contributed by atoms with Crippen molar-refractivity contribution in [1.82, 2.24) is 4.98 Å². The predicted molar refractivity (Wildman–Crippen MR) is 56.2 cm³/mol. The van der Waals surface area contributed by atoms with E-state index in [4.69, 9.17) is 15.7 Å². The molecular weight excluding hydrogens is 192 g/mol. The largest absolute Gasteiger partial charge is 0.396 e. The van der Waals surface area contributed by atoms with E-state index in [0.717, 1.165) is 13.0 Å². The number of anilines is 2. The molecule has 1 aliphatic heterocycles. The fourth-order valence-corrected chi connectivity index (χ4v) is 1.33. The zero-order valence-electron chi connectivity index (χ0n) is 8.23. The monoisotopic (exact) mass is 204 g/mol. The maximum atomic E-state index is 8.68. The highest BCUT2D eigenvalue weighted by Gasteiger charge is 2.17. The molecule has 1 unspecified atom stereocenters. The van der Waals surface area contributed by atoms with Crippen molar-refractivity contribution in [2.24, 2.45) is 0 Å². The second-order valence-corrected chi connectivity index (χ2v) is 3.41. The summed E-state index contributed by atoms with van der Waals surface area (Å²) in [6.07, 6.45) is 1.31. The van der Waals surface area contributed by atoms with Gasteiger partial charge in [-0.3, -0.25) is 0 Å². The molecular formula is C10H12N4O. The van der Waals surface area contributed by atoms with Crippen LogP contribution in [0.2, 0.25) is 0 Å². The first kappa shape index (κ1) is 9.74. The van der Waals surface area contributed by atoms with E-state index < -0.39 is 0 Å². The van der Waals surface area contributed by atoms with Gasteiger partial charge in [-0.15, -0.1) is 0 Å². The van der Waals surface area contributed by atoms with Gasteiger partial charge in [-0.2, -0.15) is 5.26 Å². The number of hydrogen-bond donors (Lipinski definition) is 2. The Bertz CT molecular complexity index is 395. The third kappa shape index (κ3) is 2.17. The Morgan fingerprint density at radius 2 is 2.47 bits per heavy atom. The van der Waals surface area contributed by atoms with Crippen molar-refractivity contribution in [1.29, 1.82) is 5.26 Å². The third-order valence-electron chi connectivity index (χ3n) is 2.33. The minimum atomic E-state index is 0.247. The zero-order valence-corrected chi connectivity index (χ0v) is 8.23.